The Morgan fingerprint density at radius 3 is 2.60 bits per heavy atom. The number of fused-ring (bicyclic) bond motifs is 2. The number of amides is 2. The van der Waals surface area contributed by atoms with E-state index in [9.17, 15) is 4.79 Å². The van der Waals surface area contributed by atoms with Crippen molar-refractivity contribution in [1.82, 2.24) is 5.32 Å². The average molecular weight is 379 g/mol. The lowest BCUT2D eigenvalue weighted by Gasteiger charge is -2.14. The van der Waals surface area contributed by atoms with Gasteiger partial charge in [-0.15, -0.1) is 0 Å². The van der Waals surface area contributed by atoms with Crippen LogP contribution in [0.25, 0.3) is 0 Å². The number of carbonyl (C=O) groups excluding carboxylic acids is 1. The molecule has 2 aromatic rings. The van der Waals surface area contributed by atoms with E-state index in [4.69, 9.17) is 32.7 Å². The van der Waals surface area contributed by atoms with Crippen LogP contribution in [0.15, 0.2) is 24.3 Å². The second-order valence-corrected chi connectivity index (χ2v) is 6.86. The van der Waals surface area contributed by atoms with Gasteiger partial charge in [-0.25, -0.2) is 4.79 Å². The molecule has 25 heavy (non-hydrogen) atoms. The molecule has 5 nitrogen and oxygen atoms in total. The van der Waals surface area contributed by atoms with Crippen LogP contribution in [0.3, 0.4) is 0 Å². The van der Waals surface area contributed by atoms with Crippen LogP contribution in [-0.4, -0.2) is 19.2 Å². The molecule has 130 valence electrons. The summed E-state index contributed by atoms with van der Waals surface area (Å²) in [6, 6.07) is 6.62. The molecule has 7 heteroatoms. The maximum absolute atomic E-state index is 12.2. The van der Waals surface area contributed by atoms with Crippen LogP contribution in [0.1, 0.15) is 16.7 Å². The standard InChI is InChI=1S/C18H16Cl2N2O3/c19-11-6-12(20)8-13(7-11)22-18(23)21-9-15-14-2-4-24-16(14)5-10-1-3-25-17(10)15/h5-8H,1-4,9H2,(H2,21,22,23). The Kier molecular flexibility index (Phi) is 4.36. The zero-order chi connectivity index (χ0) is 17.4. The van der Waals surface area contributed by atoms with Gasteiger partial charge in [0, 0.05) is 51.8 Å². The highest BCUT2D eigenvalue weighted by atomic mass is 35.5. The molecule has 2 heterocycles. The highest BCUT2D eigenvalue weighted by Gasteiger charge is 2.26. The molecule has 2 amide bonds. The first-order valence-electron chi connectivity index (χ1n) is 8.04. The Hall–Kier alpha value is -2.11. The van der Waals surface area contributed by atoms with Crippen molar-refractivity contribution in [2.45, 2.75) is 19.4 Å². The third kappa shape index (κ3) is 3.34. The summed E-state index contributed by atoms with van der Waals surface area (Å²) in [5, 5.41) is 6.54. The van der Waals surface area contributed by atoms with Gasteiger partial charge in [0.05, 0.1) is 13.2 Å². The predicted octanol–water partition coefficient (Wildman–Crippen LogP) is 4.18. The van der Waals surface area contributed by atoms with Crippen LogP contribution in [0.4, 0.5) is 10.5 Å². The highest BCUT2D eigenvalue weighted by Crippen LogP contribution is 2.40. The van der Waals surface area contributed by atoms with Gasteiger partial charge in [-0.3, -0.25) is 0 Å². The minimum atomic E-state index is -0.332. The summed E-state index contributed by atoms with van der Waals surface area (Å²) in [5.74, 6) is 1.79. The molecule has 0 saturated carbocycles. The van der Waals surface area contributed by atoms with Gasteiger partial charge in [-0.1, -0.05) is 23.2 Å². The van der Waals surface area contributed by atoms with Crippen molar-refractivity contribution < 1.29 is 14.3 Å². The zero-order valence-corrected chi connectivity index (χ0v) is 14.8. The van der Waals surface area contributed by atoms with Gasteiger partial charge in [0.1, 0.15) is 11.5 Å². The topological polar surface area (TPSA) is 59.6 Å². The van der Waals surface area contributed by atoms with Gasteiger partial charge in [0.15, 0.2) is 0 Å². The summed E-state index contributed by atoms with van der Waals surface area (Å²) in [7, 11) is 0. The van der Waals surface area contributed by atoms with Crippen molar-refractivity contribution in [3.8, 4) is 11.5 Å². The number of urea groups is 1. The van der Waals surface area contributed by atoms with E-state index in [1.807, 2.05) is 0 Å². The van der Waals surface area contributed by atoms with Crippen LogP contribution < -0.4 is 20.1 Å². The molecular weight excluding hydrogens is 363 g/mol. The van der Waals surface area contributed by atoms with Gasteiger partial charge in [-0.2, -0.15) is 0 Å². The fraction of sp³-hybridized carbons (Fsp3) is 0.278. The van der Waals surface area contributed by atoms with Crippen LogP contribution in [0.2, 0.25) is 10.0 Å². The van der Waals surface area contributed by atoms with E-state index in [1.165, 1.54) is 0 Å². The van der Waals surface area contributed by atoms with E-state index in [-0.39, 0.29) is 6.03 Å². The number of carbonyl (C=O) groups is 1. The quantitative estimate of drug-likeness (QED) is 0.841. The van der Waals surface area contributed by atoms with Crippen LogP contribution in [-0.2, 0) is 19.4 Å². The number of nitrogens with one attached hydrogen (secondary N) is 2. The van der Waals surface area contributed by atoms with Crippen molar-refractivity contribution in [3.05, 3.63) is 51.0 Å². The maximum atomic E-state index is 12.2. The SMILES string of the molecule is O=C(NCc1c2c(cc3c1OCC3)OCC2)Nc1cc(Cl)cc(Cl)c1. The molecule has 0 aliphatic carbocycles. The molecule has 2 aromatic carbocycles. The smallest absolute Gasteiger partial charge is 0.319 e. The van der Waals surface area contributed by atoms with Crippen LogP contribution in [0.5, 0.6) is 11.5 Å². The lowest BCUT2D eigenvalue weighted by Crippen LogP contribution is -2.28. The zero-order valence-electron chi connectivity index (χ0n) is 13.3. The van der Waals surface area contributed by atoms with E-state index in [1.54, 1.807) is 18.2 Å². The Bertz CT molecular complexity index is 802. The first-order valence-corrected chi connectivity index (χ1v) is 8.80. The maximum Gasteiger partial charge on any atom is 0.319 e. The Labute approximate surface area is 155 Å². The Morgan fingerprint density at radius 1 is 1.04 bits per heavy atom. The Morgan fingerprint density at radius 2 is 1.80 bits per heavy atom. The number of benzene rings is 2. The number of halogens is 2. The van der Waals surface area contributed by atoms with E-state index in [2.05, 4.69) is 16.7 Å². The third-order valence-corrected chi connectivity index (χ3v) is 4.74. The lowest BCUT2D eigenvalue weighted by atomic mass is 9.99. The minimum absolute atomic E-state index is 0.332. The lowest BCUT2D eigenvalue weighted by molar-refractivity contribution is 0.251. The van der Waals surface area contributed by atoms with Crippen LogP contribution >= 0.6 is 23.2 Å². The fourth-order valence-electron chi connectivity index (χ4n) is 3.24. The molecule has 0 saturated heterocycles. The molecule has 0 aromatic heterocycles. The minimum Gasteiger partial charge on any atom is -0.493 e. The van der Waals surface area contributed by atoms with Crippen molar-refractivity contribution >= 4 is 34.9 Å². The molecule has 0 radical (unpaired) electrons. The molecule has 0 spiro atoms. The number of hydrogen-bond donors (Lipinski definition) is 2. The van der Waals surface area contributed by atoms with Gasteiger partial charge in [-0.05, 0) is 24.3 Å². The van der Waals surface area contributed by atoms with Crippen molar-refractivity contribution in [2.24, 2.45) is 0 Å². The molecule has 0 atom stereocenters. The second-order valence-electron chi connectivity index (χ2n) is 5.98. The monoisotopic (exact) mass is 378 g/mol. The van der Waals surface area contributed by atoms with Crippen LogP contribution in [0, 0.1) is 0 Å². The summed E-state index contributed by atoms with van der Waals surface area (Å²) >= 11 is 11.9. The summed E-state index contributed by atoms with van der Waals surface area (Å²) < 4.78 is 11.5. The largest absolute Gasteiger partial charge is 0.493 e. The van der Waals surface area contributed by atoms with Crippen molar-refractivity contribution in [3.63, 3.8) is 0 Å². The summed E-state index contributed by atoms with van der Waals surface area (Å²) in [6.07, 6.45) is 1.70. The molecule has 0 bridgehead atoms. The van der Waals surface area contributed by atoms with Crippen molar-refractivity contribution in [1.29, 1.82) is 0 Å². The number of ether oxygens (including phenoxy) is 2. The van der Waals surface area contributed by atoms with E-state index in [0.717, 1.165) is 41.0 Å². The highest BCUT2D eigenvalue weighted by molar-refractivity contribution is 6.35. The molecular formula is C18H16Cl2N2O3. The van der Waals surface area contributed by atoms with Crippen molar-refractivity contribution in [2.75, 3.05) is 18.5 Å². The molecule has 4 rings (SSSR count). The molecule has 2 N–H and O–H groups in total. The molecule has 2 aliphatic heterocycles. The predicted molar refractivity (Wildman–Crippen MR) is 97.2 cm³/mol. The van der Waals surface area contributed by atoms with Gasteiger partial charge >= 0.3 is 6.03 Å². The number of anilines is 1. The van der Waals surface area contributed by atoms with Gasteiger partial charge in [0.2, 0.25) is 0 Å². The Balaban J connectivity index is 1.49. The average Bonchev–Trinajstić information content (AvgIpc) is 3.18. The van der Waals surface area contributed by atoms with E-state index >= 15 is 0 Å². The second kappa shape index (κ2) is 6.65. The summed E-state index contributed by atoms with van der Waals surface area (Å²) in [5.41, 5.74) is 3.80. The fourth-order valence-corrected chi connectivity index (χ4v) is 3.77. The number of rotatable bonds is 3. The van der Waals surface area contributed by atoms with Gasteiger partial charge < -0.3 is 20.1 Å². The van der Waals surface area contributed by atoms with E-state index in [0.29, 0.717) is 35.5 Å². The van der Waals surface area contributed by atoms with E-state index < -0.39 is 0 Å². The molecule has 0 fully saturated rings. The van der Waals surface area contributed by atoms with Gasteiger partial charge in [0.25, 0.3) is 0 Å². The molecule has 0 unspecified atom stereocenters. The normalized spacial score (nSPS) is 14.3. The summed E-state index contributed by atoms with van der Waals surface area (Å²) in [4.78, 5) is 12.2. The first-order chi connectivity index (χ1) is 12.1. The third-order valence-electron chi connectivity index (χ3n) is 4.31. The summed E-state index contributed by atoms with van der Waals surface area (Å²) in [6.45, 7) is 1.70. The molecule has 2 aliphatic rings. The first kappa shape index (κ1) is 16.4. The number of hydrogen-bond acceptors (Lipinski definition) is 3.